The van der Waals surface area contributed by atoms with Crippen LogP contribution in [-0.4, -0.2) is 55.7 Å². The molecule has 1 aliphatic rings. The number of carbonyl (C=O) groups is 1. The van der Waals surface area contributed by atoms with Gasteiger partial charge in [0.25, 0.3) is 0 Å². The van der Waals surface area contributed by atoms with E-state index in [1.807, 2.05) is 19.0 Å². The van der Waals surface area contributed by atoms with Crippen LogP contribution in [0.25, 0.3) is 0 Å². The predicted octanol–water partition coefficient (Wildman–Crippen LogP) is 2.20. The molecule has 8 heteroatoms. The number of urea groups is 1. The molecule has 1 fully saturated rings. The van der Waals surface area contributed by atoms with E-state index in [1.54, 1.807) is 0 Å². The van der Waals surface area contributed by atoms with Gasteiger partial charge in [-0.2, -0.15) is 8.78 Å². The smallest absolute Gasteiger partial charge is 0.387 e. The quantitative estimate of drug-likeness (QED) is 0.927. The van der Waals surface area contributed by atoms with E-state index in [-0.39, 0.29) is 17.5 Å². The lowest BCUT2D eigenvalue weighted by Gasteiger charge is -2.42. The van der Waals surface area contributed by atoms with Gasteiger partial charge in [-0.25, -0.2) is 9.18 Å². The van der Waals surface area contributed by atoms with Crippen molar-refractivity contribution in [2.75, 3.05) is 32.5 Å². The number of halogens is 3. The first-order valence-corrected chi connectivity index (χ1v) is 6.33. The normalized spacial score (nSPS) is 15.3. The highest BCUT2D eigenvalue weighted by Gasteiger charge is 2.32. The molecule has 116 valence electrons. The third kappa shape index (κ3) is 3.78. The molecule has 1 aromatic carbocycles. The second-order valence-electron chi connectivity index (χ2n) is 4.97. The topological polar surface area (TPSA) is 44.8 Å². The van der Waals surface area contributed by atoms with Gasteiger partial charge in [0.1, 0.15) is 11.6 Å². The third-order valence-electron chi connectivity index (χ3n) is 3.28. The average molecular weight is 303 g/mol. The van der Waals surface area contributed by atoms with Gasteiger partial charge in [-0.1, -0.05) is 0 Å². The highest BCUT2D eigenvalue weighted by atomic mass is 19.3. The molecule has 2 amide bonds. The molecular formula is C13H16F3N3O2. The standard InChI is InChI=1S/C13H16F3N3O2/c1-18(2)9-6-19(7-9)13(20)17-10-5-8(14)3-4-11(10)21-12(15)16/h3-5,9,12H,6-7H2,1-2H3,(H,17,20). The maximum atomic E-state index is 13.2. The Hall–Kier alpha value is -1.96. The number of hydrogen-bond donors (Lipinski definition) is 1. The maximum absolute atomic E-state index is 13.2. The number of nitrogens with zero attached hydrogens (tertiary/aromatic N) is 2. The van der Waals surface area contributed by atoms with Gasteiger partial charge in [0.2, 0.25) is 0 Å². The molecule has 0 radical (unpaired) electrons. The van der Waals surface area contributed by atoms with E-state index in [1.165, 1.54) is 4.90 Å². The van der Waals surface area contributed by atoms with Crippen LogP contribution in [0.2, 0.25) is 0 Å². The fraction of sp³-hybridized carbons (Fsp3) is 0.462. The summed E-state index contributed by atoms with van der Waals surface area (Å²) in [6.45, 7) is -1.99. The highest BCUT2D eigenvalue weighted by molar-refractivity contribution is 5.91. The summed E-state index contributed by atoms with van der Waals surface area (Å²) >= 11 is 0. The molecule has 21 heavy (non-hydrogen) atoms. The Labute approximate surface area is 120 Å². The van der Waals surface area contributed by atoms with Crippen LogP contribution < -0.4 is 10.1 Å². The number of likely N-dealkylation sites (tertiary alicyclic amines) is 1. The van der Waals surface area contributed by atoms with Crippen LogP contribution in [0.4, 0.5) is 23.7 Å². The van der Waals surface area contributed by atoms with Gasteiger partial charge < -0.3 is 19.9 Å². The number of alkyl halides is 2. The third-order valence-corrected chi connectivity index (χ3v) is 3.28. The first-order valence-electron chi connectivity index (χ1n) is 6.33. The van der Waals surface area contributed by atoms with Crippen molar-refractivity contribution in [1.82, 2.24) is 9.80 Å². The van der Waals surface area contributed by atoms with Crippen molar-refractivity contribution in [2.24, 2.45) is 0 Å². The van der Waals surface area contributed by atoms with Crippen molar-refractivity contribution < 1.29 is 22.7 Å². The van der Waals surface area contributed by atoms with Crippen LogP contribution in [0.15, 0.2) is 18.2 Å². The van der Waals surface area contributed by atoms with Crippen LogP contribution in [0.5, 0.6) is 5.75 Å². The second-order valence-corrected chi connectivity index (χ2v) is 4.97. The Morgan fingerprint density at radius 1 is 1.43 bits per heavy atom. The molecule has 1 saturated heterocycles. The number of ether oxygens (including phenoxy) is 1. The number of rotatable bonds is 4. The molecule has 0 bridgehead atoms. The summed E-state index contributed by atoms with van der Waals surface area (Å²) in [5.74, 6) is -0.925. The van der Waals surface area contributed by atoms with Crippen LogP contribution in [0, 0.1) is 5.82 Å². The van der Waals surface area contributed by atoms with Gasteiger partial charge in [-0.05, 0) is 26.2 Å². The van der Waals surface area contributed by atoms with Crippen molar-refractivity contribution in [1.29, 1.82) is 0 Å². The first kappa shape index (κ1) is 15.4. The fourth-order valence-electron chi connectivity index (χ4n) is 1.94. The molecular weight excluding hydrogens is 287 g/mol. The SMILES string of the molecule is CN(C)C1CN(C(=O)Nc2cc(F)ccc2OC(F)F)C1. The summed E-state index contributed by atoms with van der Waals surface area (Å²) < 4.78 is 42.0. The Bertz CT molecular complexity index is 519. The number of anilines is 1. The van der Waals surface area contributed by atoms with E-state index in [9.17, 15) is 18.0 Å². The van der Waals surface area contributed by atoms with E-state index in [2.05, 4.69) is 10.1 Å². The average Bonchev–Trinajstić information content (AvgIpc) is 2.29. The second kappa shape index (κ2) is 6.21. The lowest BCUT2D eigenvalue weighted by atomic mass is 10.1. The number of carbonyl (C=O) groups excluding carboxylic acids is 1. The van der Waals surface area contributed by atoms with Crippen molar-refractivity contribution >= 4 is 11.7 Å². The number of likely N-dealkylation sites (N-methyl/N-ethyl adjacent to an activating group) is 1. The van der Waals surface area contributed by atoms with Crippen LogP contribution in [-0.2, 0) is 0 Å². The summed E-state index contributed by atoms with van der Waals surface area (Å²) in [5.41, 5.74) is -0.117. The largest absolute Gasteiger partial charge is 0.433 e. The summed E-state index contributed by atoms with van der Waals surface area (Å²) in [5, 5.41) is 2.39. The molecule has 0 atom stereocenters. The van der Waals surface area contributed by atoms with Crippen LogP contribution in [0.3, 0.4) is 0 Å². The molecule has 0 saturated carbocycles. The summed E-state index contributed by atoms with van der Waals surface area (Å²) in [6, 6.07) is 2.77. The van der Waals surface area contributed by atoms with Gasteiger partial charge in [-0.15, -0.1) is 0 Å². The minimum absolute atomic E-state index is 0.117. The summed E-state index contributed by atoms with van der Waals surface area (Å²) in [4.78, 5) is 15.4. The lowest BCUT2D eigenvalue weighted by Crippen LogP contribution is -2.60. The molecule has 0 aromatic heterocycles. The van der Waals surface area contributed by atoms with Gasteiger partial charge in [0, 0.05) is 25.2 Å². The van der Waals surface area contributed by atoms with Gasteiger partial charge in [-0.3, -0.25) is 0 Å². The number of hydrogen-bond acceptors (Lipinski definition) is 3. The minimum Gasteiger partial charge on any atom is -0.433 e. The van der Waals surface area contributed by atoms with Crippen LogP contribution >= 0.6 is 0 Å². The maximum Gasteiger partial charge on any atom is 0.387 e. The predicted molar refractivity (Wildman–Crippen MR) is 71.1 cm³/mol. The Balaban J connectivity index is 2.02. The fourth-order valence-corrected chi connectivity index (χ4v) is 1.94. The first-order chi connectivity index (χ1) is 9.86. The van der Waals surface area contributed by atoms with E-state index < -0.39 is 18.5 Å². The number of nitrogens with one attached hydrogen (secondary N) is 1. The Kier molecular flexibility index (Phi) is 4.56. The molecule has 5 nitrogen and oxygen atoms in total. The van der Waals surface area contributed by atoms with Gasteiger partial charge in [0.15, 0.2) is 0 Å². The van der Waals surface area contributed by atoms with Crippen molar-refractivity contribution in [2.45, 2.75) is 12.7 Å². The molecule has 1 N–H and O–H groups in total. The van der Waals surface area contributed by atoms with E-state index in [0.717, 1.165) is 18.2 Å². The molecule has 1 aliphatic heterocycles. The van der Waals surface area contributed by atoms with Crippen molar-refractivity contribution in [3.63, 3.8) is 0 Å². The summed E-state index contributed by atoms with van der Waals surface area (Å²) in [6.07, 6.45) is 0. The molecule has 0 aliphatic carbocycles. The Morgan fingerprint density at radius 3 is 2.67 bits per heavy atom. The highest BCUT2D eigenvalue weighted by Crippen LogP contribution is 2.27. The molecule has 2 rings (SSSR count). The molecule has 0 unspecified atom stereocenters. The molecule has 0 spiro atoms. The van der Waals surface area contributed by atoms with E-state index in [0.29, 0.717) is 13.1 Å². The zero-order valence-electron chi connectivity index (χ0n) is 11.6. The number of benzene rings is 1. The van der Waals surface area contributed by atoms with Gasteiger partial charge >= 0.3 is 12.6 Å². The lowest BCUT2D eigenvalue weighted by molar-refractivity contribution is -0.0494. The Morgan fingerprint density at radius 2 is 2.10 bits per heavy atom. The monoisotopic (exact) mass is 303 g/mol. The molecule has 1 aromatic rings. The number of amides is 2. The molecule has 1 heterocycles. The summed E-state index contributed by atoms with van der Waals surface area (Å²) in [7, 11) is 3.81. The zero-order chi connectivity index (χ0) is 15.6. The minimum atomic E-state index is -3.05. The van der Waals surface area contributed by atoms with Crippen LogP contribution in [0.1, 0.15) is 0 Å². The van der Waals surface area contributed by atoms with E-state index >= 15 is 0 Å². The zero-order valence-corrected chi connectivity index (χ0v) is 11.6. The van der Waals surface area contributed by atoms with E-state index in [4.69, 9.17) is 0 Å². The van der Waals surface area contributed by atoms with Crippen molar-refractivity contribution in [3.05, 3.63) is 24.0 Å². The van der Waals surface area contributed by atoms with Crippen molar-refractivity contribution in [3.8, 4) is 5.75 Å². The van der Waals surface area contributed by atoms with Gasteiger partial charge in [0.05, 0.1) is 5.69 Å².